The van der Waals surface area contributed by atoms with Gasteiger partial charge in [0.05, 0.1) is 25.5 Å². The highest BCUT2D eigenvalue weighted by Gasteiger charge is 2.29. The minimum Gasteiger partial charge on any atom is -0.379 e. The highest BCUT2D eigenvalue weighted by atomic mass is 16.5. The van der Waals surface area contributed by atoms with Gasteiger partial charge in [-0.25, -0.2) is 4.98 Å². The fourth-order valence-corrected chi connectivity index (χ4v) is 5.56. The molecule has 5 rings (SSSR count). The number of nitrogens with one attached hydrogen (secondary N) is 1. The largest absolute Gasteiger partial charge is 0.379 e. The molecule has 2 fully saturated rings. The third kappa shape index (κ3) is 6.98. The molecular formula is C32H41N5O3. The van der Waals surface area contributed by atoms with Crippen LogP contribution in [0.5, 0.6) is 0 Å². The molecule has 3 aromatic rings. The number of anilines is 1. The fraction of sp³-hybridized carbons (Fsp3) is 0.469. The number of imidazole rings is 1. The Labute approximate surface area is 237 Å². The Kier molecular flexibility index (Phi) is 9.29. The average molecular weight is 544 g/mol. The summed E-state index contributed by atoms with van der Waals surface area (Å²) >= 11 is 0. The zero-order valence-electron chi connectivity index (χ0n) is 23.7. The first-order valence-electron chi connectivity index (χ1n) is 14.6. The maximum absolute atomic E-state index is 13.5. The molecule has 0 bridgehead atoms. The van der Waals surface area contributed by atoms with Gasteiger partial charge in [0.15, 0.2) is 0 Å². The molecule has 0 radical (unpaired) electrons. The Hall–Kier alpha value is -3.49. The molecule has 1 aromatic heterocycles. The molecule has 212 valence electrons. The van der Waals surface area contributed by atoms with Crippen LogP contribution in [0.25, 0.3) is 16.9 Å². The maximum atomic E-state index is 13.5. The second-order valence-electron chi connectivity index (χ2n) is 11.2. The number of morpholine rings is 1. The number of rotatable bonds is 10. The standard InChI is InChI=1S/C32H41N5O3/c1-24(2)25-12-14-28(15-13-25)37-22-29(26-8-4-3-5-9-26)33-32(37)34-30(38)23-36(31(39)27-10-6-7-11-27)17-16-35-18-20-40-21-19-35/h3-5,8-9,12-15,22,24,27H,6-7,10-11,16-21,23H2,1-2H3,(H,33,34,38). The van der Waals surface area contributed by atoms with Gasteiger partial charge in [-0.1, -0.05) is 69.2 Å². The van der Waals surface area contributed by atoms with Gasteiger partial charge in [0.1, 0.15) is 0 Å². The lowest BCUT2D eigenvalue weighted by Crippen LogP contribution is -2.46. The van der Waals surface area contributed by atoms with Crippen molar-refractivity contribution >= 4 is 17.8 Å². The Morgan fingerprint density at radius 3 is 2.40 bits per heavy atom. The second kappa shape index (κ2) is 13.2. The van der Waals surface area contributed by atoms with Gasteiger partial charge in [-0.2, -0.15) is 0 Å². The van der Waals surface area contributed by atoms with E-state index >= 15 is 0 Å². The molecule has 2 aromatic carbocycles. The average Bonchev–Trinajstić information content (AvgIpc) is 3.67. The number of hydrogen-bond donors (Lipinski definition) is 1. The first-order valence-corrected chi connectivity index (χ1v) is 14.6. The van der Waals surface area contributed by atoms with Gasteiger partial charge in [0.25, 0.3) is 0 Å². The molecule has 1 saturated heterocycles. The van der Waals surface area contributed by atoms with Crippen LogP contribution in [0.4, 0.5) is 5.95 Å². The molecule has 2 heterocycles. The highest BCUT2D eigenvalue weighted by molar-refractivity contribution is 5.94. The summed E-state index contributed by atoms with van der Waals surface area (Å²) in [5.41, 5.74) is 3.91. The van der Waals surface area contributed by atoms with Crippen LogP contribution in [0.3, 0.4) is 0 Å². The maximum Gasteiger partial charge on any atom is 0.246 e. The Morgan fingerprint density at radius 2 is 1.73 bits per heavy atom. The molecule has 8 heteroatoms. The predicted molar refractivity (Wildman–Crippen MR) is 158 cm³/mol. The van der Waals surface area contributed by atoms with Crippen LogP contribution in [0.15, 0.2) is 60.8 Å². The molecule has 0 spiro atoms. The Bertz CT molecular complexity index is 1260. The number of benzene rings is 2. The number of carbonyl (C=O) groups is 2. The van der Waals surface area contributed by atoms with E-state index in [0.717, 1.165) is 62.3 Å². The molecule has 1 aliphatic carbocycles. The number of nitrogens with zero attached hydrogens (tertiary/aromatic N) is 4. The topological polar surface area (TPSA) is 79.7 Å². The molecule has 1 N–H and O–H groups in total. The van der Waals surface area contributed by atoms with Crippen molar-refractivity contribution in [1.29, 1.82) is 0 Å². The van der Waals surface area contributed by atoms with Crippen LogP contribution in [-0.2, 0) is 14.3 Å². The summed E-state index contributed by atoms with van der Waals surface area (Å²) in [6, 6.07) is 18.3. The van der Waals surface area contributed by atoms with E-state index in [4.69, 9.17) is 9.72 Å². The zero-order valence-corrected chi connectivity index (χ0v) is 23.7. The van der Waals surface area contributed by atoms with Crippen molar-refractivity contribution in [1.82, 2.24) is 19.4 Å². The SMILES string of the molecule is CC(C)c1ccc(-n2cc(-c3ccccc3)nc2NC(=O)CN(CCN2CCOCC2)C(=O)C2CCCC2)cc1. The number of aromatic nitrogens is 2. The smallest absolute Gasteiger partial charge is 0.246 e. The van der Waals surface area contributed by atoms with E-state index in [1.165, 1.54) is 5.56 Å². The van der Waals surface area contributed by atoms with Gasteiger partial charge >= 0.3 is 0 Å². The number of carbonyl (C=O) groups excluding carboxylic acids is 2. The Morgan fingerprint density at radius 1 is 1.02 bits per heavy atom. The van der Waals surface area contributed by atoms with Gasteiger partial charge < -0.3 is 9.64 Å². The minimum atomic E-state index is -0.237. The number of amides is 2. The van der Waals surface area contributed by atoms with Gasteiger partial charge in [0.2, 0.25) is 17.8 Å². The van der Waals surface area contributed by atoms with E-state index < -0.39 is 0 Å². The molecular weight excluding hydrogens is 502 g/mol. The van der Waals surface area contributed by atoms with Gasteiger partial charge in [-0.15, -0.1) is 0 Å². The molecule has 2 aliphatic rings. The fourth-order valence-electron chi connectivity index (χ4n) is 5.56. The van der Waals surface area contributed by atoms with Crippen molar-refractivity contribution in [3.05, 3.63) is 66.4 Å². The van der Waals surface area contributed by atoms with Crippen molar-refractivity contribution in [3.63, 3.8) is 0 Å². The van der Waals surface area contributed by atoms with Crippen LogP contribution >= 0.6 is 0 Å². The molecule has 0 atom stereocenters. The lowest BCUT2D eigenvalue weighted by molar-refractivity contribution is -0.138. The summed E-state index contributed by atoms with van der Waals surface area (Å²) < 4.78 is 7.39. The summed E-state index contributed by atoms with van der Waals surface area (Å²) in [6.07, 6.45) is 5.93. The molecule has 40 heavy (non-hydrogen) atoms. The molecule has 2 amide bonds. The third-order valence-electron chi connectivity index (χ3n) is 8.01. The monoisotopic (exact) mass is 543 g/mol. The van der Waals surface area contributed by atoms with Crippen LogP contribution in [0, 0.1) is 5.92 Å². The van der Waals surface area contributed by atoms with Crippen LogP contribution in [-0.4, -0.2) is 77.1 Å². The summed E-state index contributed by atoms with van der Waals surface area (Å²) in [5.74, 6) is 0.750. The summed E-state index contributed by atoms with van der Waals surface area (Å²) in [7, 11) is 0. The zero-order chi connectivity index (χ0) is 27.9. The van der Waals surface area contributed by atoms with E-state index in [9.17, 15) is 9.59 Å². The van der Waals surface area contributed by atoms with E-state index in [-0.39, 0.29) is 24.3 Å². The minimum absolute atomic E-state index is 0.0134. The first kappa shape index (κ1) is 28.1. The number of ether oxygens (including phenoxy) is 1. The third-order valence-corrected chi connectivity index (χ3v) is 8.01. The van der Waals surface area contributed by atoms with Crippen molar-refractivity contribution in [2.75, 3.05) is 51.3 Å². The second-order valence-corrected chi connectivity index (χ2v) is 11.2. The van der Waals surface area contributed by atoms with Crippen molar-refractivity contribution in [2.45, 2.75) is 45.4 Å². The van der Waals surface area contributed by atoms with Gasteiger partial charge in [-0.3, -0.25) is 24.4 Å². The lowest BCUT2D eigenvalue weighted by atomic mass is 10.0. The van der Waals surface area contributed by atoms with E-state index in [1.54, 1.807) is 4.90 Å². The van der Waals surface area contributed by atoms with E-state index in [1.807, 2.05) is 41.1 Å². The van der Waals surface area contributed by atoms with Gasteiger partial charge in [-0.05, 0) is 36.5 Å². The quantitative estimate of drug-likeness (QED) is 0.391. The Balaban J connectivity index is 1.35. The molecule has 1 aliphatic heterocycles. The lowest BCUT2D eigenvalue weighted by Gasteiger charge is -2.31. The molecule has 8 nitrogen and oxygen atoms in total. The molecule has 1 saturated carbocycles. The van der Waals surface area contributed by atoms with Crippen LogP contribution in [0.1, 0.15) is 51.0 Å². The normalized spacial score (nSPS) is 16.4. The van der Waals surface area contributed by atoms with E-state index in [0.29, 0.717) is 31.6 Å². The molecule has 0 unspecified atom stereocenters. The van der Waals surface area contributed by atoms with E-state index in [2.05, 4.69) is 48.3 Å². The predicted octanol–water partition coefficient (Wildman–Crippen LogP) is 4.95. The van der Waals surface area contributed by atoms with Crippen molar-refractivity contribution < 1.29 is 14.3 Å². The highest BCUT2D eigenvalue weighted by Crippen LogP contribution is 2.28. The van der Waals surface area contributed by atoms with Crippen molar-refractivity contribution in [3.8, 4) is 16.9 Å². The summed E-state index contributed by atoms with van der Waals surface area (Å²) in [5, 5.41) is 3.04. The van der Waals surface area contributed by atoms with Gasteiger partial charge in [0, 0.05) is 49.5 Å². The van der Waals surface area contributed by atoms with Crippen LogP contribution < -0.4 is 5.32 Å². The summed E-state index contributed by atoms with van der Waals surface area (Å²) in [6.45, 7) is 8.75. The summed E-state index contributed by atoms with van der Waals surface area (Å²) in [4.78, 5) is 35.8. The van der Waals surface area contributed by atoms with Crippen LogP contribution in [0.2, 0.25) is 0 Å². The number of hydrogen-bond acceptors (Lipinski definition) is 5. The first-order chi connectivity index (χ1) is 19.5. The van der Waals surface area contributed by atoms with Crippen molar-refractivity contribution in [2.24, 2.45) is 5.92 Å².